The van der Waals surface area contributed by atoms with Crippen molar-refractivity contribution >= 4 is 24.6 Å². The lowest BCUT2D eigenvalue weighted by atomic mass is 9.80. The van der Waals surface area contributed by atoms with Crippen LogP contribution in [0.25, 0.3) is 0 Å². The molecule has 0 heterocycles. The van der Waals surface area contributed by atoms with E-state index in [-0.39, 0.29) is 0 Å². The van der Waals surface area contributed by atoms with Crippen LogP contribution in [0.4, 0.5) is 19.2 Å². The van der Waals surface area contributed by atoms with Gasteiger partial charge in [0.15, 0.2) is 18.3 Å². The van der Waals surface area contributed by atoms with Gasteiger partial charge in [-0.2, -0.15) is 0 Å². The zero-order valence-corrected chi connectivity index (χ0v) is 25.1. The zero-order valence-electron chi connectivity index (χ0n) is 25.1. The van der Waals surface area contributed by atoms with E-state index in [9.17, 15) is 19.2 Å². The van der Waals surface area contributed by atoms with Crippen molar-refractivity contribution in [2.75, 3.05) is 41.7 Å². The van der Waals surface area contributed by atoms with E-state index in [1.54, 1.807) is 0 Å². The lowest BCUT2D eigenvalue weighted by Crippen LogP contribution is -2.51. The average Bonchev–Trinajstić information content (AvgIpc) is 3.09. The maximum absolute atomic E-state index is 12.5. The Kier molecular flexibility index (Phi) is 13.0. The van der Waals surface area contributed by atoms with E-state index in [1.807, 2.05) is 91.0 Å². The number of carbonyl (C=O) groups excluding carboxylic acids is 4. The van der Waals surface area contributed by atoms with Crippen LogP contribution in [-0.2, 0) is 48.2 Å². The van der Waals surface area contributed by atoms with Crippen LogP contribution in [-0.4, -0.2) is 84.6 Å². The molecule has 0 spiro atoms. The zero-order chi connectivity index (χ0) is 32.7. The molecule has 3 atom stereocenters. The van der Waals surface area contributed by atoms with Gasteiger partial charge in [-0.3, -0.25) is 0 Å². The van der Waals surface area contributed by atoms with Crippen molar-refractivity contribution < 1.29 is 61.8 Å². The second-order valence-corrected chi connectivity index (χ2v) is 9.11. The SMILES string of the molecule is COC(=O)OC[C@H](OC(=O)OC)[C@H](OC(=O)OC)[C@@H](COC(c1ccccc1)(c1ccccc1)c1ccccc1)OC(=O)OC. The Hall–Kier alpha value is -5.30. The fourth-order valence-corrected chi connectivity index (χ4v) is 4.47. The number of rotatable bonds is 13. The van der Waals surface area contributed by atoms with Crippen molar-refractivity contribution in [2.24, 2.45) is 0 Å². The highest BCUT2D eigenvalue weighted by atomic mass is 16.8. The van der Waals surface area contributed by atoms with Crippen LogP contribution in [0, 0.1) is 0 Å². The number of hydrogen-bond acceptors (Lipinski definition) is 13. The molecular formula is C32H34O13. The van der Waals surface area contributed by atoms with Gasteiger partial charge in [0.1, 0.15) is 12.2 Å². The van der Waals surface area contributed by atoms with E-state index in [2.05, 4.69) is 14.2 Å². The minimum absolute atomic E-state index is 0.491. The summed E-state index contributed by atoms with van der Waals surface area (Å²) >= 11 is 0. The molecular weight excluding hydrogens is 592 g/mol. The molecule has 0 amide bonds. The monoisotopic (exact) mass is 626 g/mol. The molecule has 0 saturated heterocycles. The molecule has 13 nitrogen and oxygen atoms in total. The third-order valence-corrected chi connectivity index (χ3v) is 6.50. The van der Waals surface area contributed by atoms with E-state index in [1.165, 1.54) is 0 Å². The second kappa shape index (κ2) is 17.1. The van der Waals surface area contributed by atoms with Crippen molar-refractivity contribution in [3.63, 3.8) is 0 Å². The number of ether oxygens (including phenoxy) is 9. The van der Waals surface area contributed by atoms with Crippen LogP contribution in [0.3, 0.4) is 0 Å². The average molecular weight is 627 g/mol. The van der Waals surface area contributed by atoms with Crippen LogP contribution in [0.1, 0.15) is 16.7 Å². The van der Waals surface area contributed by atoms with Crippen LogP contribution in [0.5, 0.6) is 0 Å². The van der Waals surface area contributed by atoms with Gasteiger partial charge < -0.3 is 42.6 Å². The maximum atomic E-state index is 12.5. The Bertz CT molecular complexity index is 1270. The molecule has 0 aliphatic rings. The maximum Gasteiger partial charge on any atom is 0.508 e. The number of carbonyl (C=O) groups is 4. The minimum Gasteiger partial charge on any atom is -0.438 e. The summed E-state index contributed by atoms with van der Waals surface area (Å²) in [4.78, 5) is 49.0. The van der Waals surface area contributed by atoms with Gasteiger partial charge in [0.2, 0.25) is 0 Å². The smallest absolute Gasteiger partial charge is 0.438 e. The standard InChI is InChI=1S/C32H34O13/c1-37-28(33)41-20-25(43-29(34)38-2)27(45-31(36)40-4)26(44-30(35)39-3)21-42-32(22-14-8-5-9-15-22,23-16-10-6-11-17-23)24-18-12-7-13-19-24/h5-19,25-27H,20-21H2,1-4H3/t25-,26+,27-/m0/s1. The second-order valence-electron chi connectivity index (χ2n) is 9.11. The predicted octanol–water partition coefficient (Wildman–Crippen LogP) is 5.23. The molecule has 0 N–H and O–H groups in total. The first kappa shape index (κ1) is 34.2. The Morgan fingerprint density at radius 3 is 1.24 bits per heavy atom. The molecule has 13 heteroatoms. The van der Waals surface area contributed by atoms with Crippen molar-refractivity contribution in [1.29, 1.82) is 0 Å². The molecule has 0 radical (unpaired) electrons. The van der Waals surface area contributed by atoms with Gasteiger partial charge >= 0.3 is 24.6 Å². The summed E-state index contributed by atoms with van der Waals surface area (Å²) in [5.74, 6) is 0. The van der Waals surface area contributed by atoms with Gasteiger partial charge in [0.25, 0.3) is 0 Å². The van der Waals surface area contributed by atoms with Gasteiger partial charge in [-0.05, 0) is 16.7 Å². The molecule has 0 bridgehead atoms. The predicted molar refractivity (Wildman–Crippen MR) is 155 cm³/mol. The third kappa shape index (κ3) is 9.10. The molecule has 0 unspecified atom stereocenters. The van der Waals surface area contributed by atoms with Crippen LogP contribution < -0.4 is 0 Å². The van der Waals surface area contributed by atoms with Crippen molar-refractivity contribution in [1.82, 2.24) is 0 Å². The number of benzene rings is 3. The minimum atomic E-state index is -1.69. The molecule has 3 rings (SSSR count). The molecule has 3 aromatic carbocycles. The van der Waals surface area contributed by atoms with Crippen molar-refractivity contribution in [2.45, 2.75) is 23.9 Å². The molecule has 0 saturated carbocycles. The fourth-order valence-electron chi connectivity index (χ4n) is 4.47. The van der Waals surface area contributed by atoms with E-state index < -0.39 is 61.7 Å². The van der Waals surface area contributed by atoms with Gasteiger partial charge in [-0.1, -0.05) is 91.0 Å². The van der Waals surface area contributed by atoms with Gasteiger partial charge in [-0.25, -0.2) is 19.2 Å². The number of methoxy groups -OCH3 is 4. The van der Waals surface area contributed by atoms with Crippen LogP contribution in [0.15, 0.2) is 91.0 Å². The normalized spacial score (nSPS) is 12.8. The summed E-state index contributed by atoms with van der Waals surface area (Å²) in [5, 5.41) is 0. The van der Waals surface area contributed by atoms with Crippen LogP contribution >= 0.6 is 0 Å². The highest BCUT2D eigenvalue weighted by Gasteiger charge is 2.44. The quantitative estimate of drug-likeness (QED) is 0.138. The Morgan fingerprint density at radius 1 is 0.511 bits per heavy atom. The molecule has 0 aliphatic carbocycles. The lowest BCUT2D eigenvalue weighted by Gasteiger charge is -2.38. The van der Waals surface area contributed by atoms with Crippen LogP contribution in [0.2, 0.25) is 0 Å². The first-order valence-electron chi connectivity index (χ1n) is 13.5. The van der Waals surface area contributed by atoms with E-state index in [0.29, 0.717) is 16.7 Å². The highest BCUT2D eigenvalue weighted by molar-refractivity contribution is 5.63. The van der Waals surface area contributed by atoms with Gasteiger partial charge in [-0.15, -0.1) is 0 Å². The Balaban J connectivity index is 2.17. The highest BCUT2D eigenvalue weighted by Crippen LogP contribution is 2.41. The summed E-state index contributed by atoms with van der Waals surface area (Å²) in [6, 6.07) is 27.8. The largest absolute Gasteiger partial charge is 0.508 e. The lowest BCUT2D eigenvalue weighted by molar-refractivity contribution is -0.143. The molecule has 45 heavy (non-hydrogen) atoms. The summed E-state index contributed by atoms with van der Waals surface area (Å²) in [6.45, 7) is -1.21. The van der Waals surface area contributed by atoms with Gasteiger partial charge in [0, 0.05) is 0 Å². The van der Waals surface area contributed by atoms with E-state index in [0.717, 1.165) is 28.4 Å². The van der Waals surface area contributed by atoms with Crippen molar-refractivity contribution in [3.8, 4) is 0 Å². The first-order chi connectivity index (χ1) is 21.8. The molecule has 0 fully saturated rings. The van der Waals surface area contributed by atoms with E-state index in [4.69, 9.17) is 28.4 Å². The topological polar surface area (TPSA) is 151 Å². The molecule has 0 aliphatic heterocycles. The summed E-state index contributed by atoms with van der Waals surface area (Å²) in [7, 11) is 4.21. The van der Waals surface area contributed by atoms with Crippen molar-refractivity contribution in [3.05, 3.63) is 108 Å². The summed E-state index contributed by atoms with van der Waals surface area (Å²) in [6.07, 6.45) is -9.65. The Labute approximate surface area is 259 Å². The number of hydrogen-bond donors (Lipinski definition) is 0. The fraction of sp³-hybridized carbons (Fsp3) is 0.312. The summed E-state index contributed by atoms with van der Waals surface area (Å²) < 4.78 is 46.4. The molecule has 240 valence electrons. The summed E-state index contributed by atoms with van der Waals surface area (Å²) in [5.41, 5.74) is 0.821. The molecule has 0 aromatic heterocycles. The van der Waals surface area contributed by atoms with E-state index >= 15 is 0 Å². The Morgan fingerprint density at radius 2 is 0.867 bits per heavy atom. The molecule has 3 aromatic rings. The first-order valence-corrected chi connectivity index (χ1v) is 13.5. The van der Waals surface area contributed by atoms with Gasteiger partial charge in [0.05, 0.1) is 35.0 Å². The third-order valence-electron chi connectivity index (χ3n) is 6.50.